The number of hydrogen-bond acceptors (Lipinski definition) is 1. The molecule has 0 N–H and O–H groups in total. The molecule has 0 heterocycles. The second kappa shape index (κ2) is 47.5. The molecule has 4 nitrogen and oxygen atoms in total. The average Bonchev–Trinajstić information content (AvgIpc) is 3.27. The van der Waals surface area contributed by atoms with Crippen molar-refractivity contribution in [3.63, 3.8) is 0 Å². The third kappa shape index (κ3) is 50.1. The third-order valence-electron chi connectivity index (χ3n) is 15.6. The van der Waals surface area contributed by atoms with E-state index in [9.17, 15) is 0 Å². The van der Waals surface area contributed by atoms with Gasteiger partial charge in [0.25, 0.3) is 0 Å². The molecule has 0 fully saturated rings. The van der Waals surface area contributed by atoms with Crippen LogP contribution in [-0.2, 0) is 0 Å². The van der Waals surface area contributed by atoms with Crippen molar-refractivity contribution in [3.05, 3.63) is 0 Å². The van der Waals surface area contributed by atoms with Crippen LogP contribution in [0.3, 0.4) is 0 Å². The van der Waals surface area contributed by atoms with Gasteiger partial charge in [-0.05, 0) is 38.5 Å². The van der Waals surface area contributed by atoms with Crippen molar-refractivity contribution in [2.24, 2.45) is 0 Å². The molecule has 0 aromatic rings. The van der Waals surface area contributed by atoms with Crippen molar-refractivity contribution >= 4 is 0 Å². The number of likely N-dealkylation sites (N-methyl/N-ethyl adjacent to an activating group) is 2. The predicted octanol–water partition coefficient (Wildman–Crippen LogP) is 18.4. The number of nitrogens with zero attached hydrogens (tertiary/aromatic N) is 4. The lowest BCUT2D eigenvalue weighted by atomic mass is 10.0. The summed E-state index contributed by atoms with van der Waals surface area (Å²) in [7, 11) is 15.1. The average molecular weight is 921 g/mol. The normalized spacial score (nSPS) is 12.6. The van der Waals surface area contributed by atoms with E-state index >= 15 is 0 Å². The Morgan fingerprint density at radius 1 is 0.185 bits per heavy atom. The van der Waals surface area contributed by atoms with Gasteiger partial charge in [0.15, 0.2) is 0 Å². The largest absolute Gasteiger partial charge is 0.328 e. The number of rotatable bonds is 55. The Bertz CT molecular complexity index is 865. The summed E-state index contributed by atoms with van der Waals surface area (Å²) < 4.78 is 3.58. The number of quaternary nitrogens is 3. The lowest BCUT2D eigenvalue weighted by molar-refractivity contribution is -0.893. The lowest BCUT2D eigenvalue weighted by Crippen LogP contribution is -2.50. The van der Waals surface area contributed by atoms with Gasteiger partial charge in [-0.15, -0.1) is 0 Å². The summed E-state index contributed by atoms with van der Waals surface area (Å²) >= 11 is 0. The number of hydrogen-bond donors (Lipinski definition) is 0. The molecule has 0 unspecified atom stereocenters. The Morgan fingerprint density at radius 2 is 0.354 bits per heavy atom. The van der Waals surface area contributed by atoms with Crippen LogP contribution in [0.2, 0.25) is 0 Å². The minimum atomic E-state index is 1.19. The van der Waals surface area contributed by atoms with Crippen LogP contribution in [0.5, 0.6) is 0 Å². The number of unbranched alkanes of at least 4 members (excludes halogenated alkanes) is 39. The van der Waals surface area contributed by atoms with Crippen LogP contribution in [-0.4, -0.2) is 120 Å². The molecule has 0 saturated heterocycles. The Balaban J connectivity index is 4.60. The molecule has 0 amide bonds. The highest BCUT2D eigenvalue weighted by atomic mass is 15.3. The molecular formula is C61H131N4+3. The van der Waals surface area contributed by atoms with Gasteiger partial charge in [0, 0.05) is 26.1 Å². The van der Waals surface area contributed by atoms with Gasteiger partial charge in [0.1, 0.15) is 0 Å². The fourth-order valence-corrected chi connectivity index (χ4v) is 10.4. The van der Waals surface area contributed by atoms with Crippen molar-refractivity contribution in [1.82, 2.24) is 4.90 Å². The van der Waals surface area contributed by atoms with E-state index in [4.69, 9.17) is 0 Å². The van der Waals surface area contributed by atoms with E-state index in [1.54, 1.807) is 0 Å². The quantitative estimate of drug-likeness (QED) is 0.0434. The summed E-state index contributed by atoms with van der Waals surface area (Å²) in [6.45, 7) is 18.7. The molecule has 0 rings (SSSR count). The van der Waals surface area contributed by atoms with E-state index in [-0.39, 0.29) is 0 Å². The molecule has 0 saturated carbocycles. The van der Waals surface area contributed by atoms with Gasteiger partial charge in [-0.3, -0.25) is 4.90 Å². The fraction of sp³-hybridized carbons (Fsp3) is 1.00. The summed E-state index contributed by atoms with van der Waals surface area (Å²) in [5, 5.41) is 0. The Labute approximate surface area is 414 Å². The second-order valence-corrected chi connectivity index (χ2v) is 24.1. The van der Waals surface area contributed by atoms with E-state index in [0.29, 0.717) is 0 Å². The van der Waals surface area contributed by atoms with Crippen LogP contribution < -0.4 is 0 Å². The monoisotopic (exact) mass is 920 g/mol. The zero-order valence-electron chi connectivity index (χ0n) is 47.6. The molecule has 0 atom stereocenters. The first kappa shape index (κ1) is 64.8. The minimum Gasteiger partial charge on any atom is -0.328 e. The maximum atomic E-state index is 2.89. The smallest absolute Gasteiger partial charge is 0.0911 e. The summed E-state index contributed by atoms with van der Waals surface area (Å²) in [5.74, 6) is 0. The fourth-order valence-electron chi connectivity index (χ4n) is 10.4. The lowest BCUT2D eigenvalue weighted by Gasteiger charge is -2.36. The Hall–Kier alpha value is -0.160. The first-order valence-corrected chi connectivity index (χ1v) is 30.7. The SMILES string of the molecule is CCCCCCCCCCCCCCCC[N+](C)(C)CCCN(CC[N+](C)(C)CCCCCCCCCCCCCCCC)CC[N+](C)(C)CCCCCCCCCCCCCCCC. The highest BCUT2D eigenvalue weighted by Crippen LogP contribution is 2.18. The Kier molecular flexibility index (Phi) is 47.4. The van der Waals surface area contributed by atoms with Crippen LogP contribution in [0.15, 0.2) is 0 Å². The molecule has 0 aromatic carbocycles. The van der Waals surface area contributed by atoms with Crippen molar-refractivity contribution in [2.45, 2.75) is 297 Å². The van der Waals surface area contributed by atoms with Gasteiger partial charge in [-0.25, -0.2) is 0 Å². The van der Waals surface area contributed by atoms with Crippen molar-refractivity contribution < 1.29 is 13.4 Å². The van der Waals surface area contributed by atoms with Crippen LogP contribution in [0, 0.1) is 0 Å². The zero-order valence-corrected chi connectivity index (χ0v) is 47.6. The van der Waals surface area contributed by atoms with Crippen LogP contribution in [0.4, 0.5) is 0 Å². The highest BCUT2D eigenvalue weighted by molar-refractivity contribution is 4.60. The van der Waals surface area contributed by atoms with Crippen LogP contribution >= 0.6 is 0 Å². The summed E-state index contributed by atoms with van der Waals surface area (Å²) in [5.41, 5.74) is 0. The van der Waals surface area contributed by atoms with Crippen molar-refractivity contribution in [3.8, 4) is 0 Å². The molecular weight excluding hydrogens is 789 g/mol. The molecule has 4 heteroatoms. The third-order valence-corrected chi connectivity index (χ3v) is 15.6. The van der Waals surface area contributed by atoms with Crippen molar-refractivity contribution in [2.75, 3.05) is 101 Å². The molecule has 0 aliphatic carbocycles. The van der Waals surface area contributed by atoms with Crippen LogP contribution in [0.1, 0.15) is 297 Å². The van der Waals surface area contributed by atoms with Crippen LogP contribution in [0.25, 0.3) is 0 Å². The van der Waals surface area contributed by atoms with Gasteiger partial charge in [0.2, 0.25) is 0 Å². The first-order valence-electron chi connectivity index (χ1n) is 30.7. The minimum absolute atomic E-state index is 1.19. The molecule has 0 aromatic heterocycles. The Morgan fingerprint density at radius 3 is 0.569 bits per heavy atom. The molecule has 65 heavy (non-hydrogen) atoms. The van der Waals surface area contributed by atoms with E-state index in [0.717, 1.165) is 0 Å². The van der Waals surface area contributed by atoms with E-state index in [1.807, 2.05) is 0 Å². The predicted molar refractivity (Wildman–Crippen MR) is 298 cm³/mol. The van der Waals surface area contributed by atoms with Gasteiger partial charge in [-0.1, -0.05) is 252 Å². The highest BCUT2D eigenvalue weighted by Gasteiger charge is 2.22. The standard InChI is InChI=1S/C61H131N4/c1-10-13-16-19-22-25-28-31-34-37-40-43-46-49-56-63(4,5)59-52-53-62(54-60-64(6,7)57-50-47-44-41-38-35-32-29-26-23-20-17-14-11-2)55-61-65(8,9)58-51-48-45-42-39-36-33-30-27-24-21-18-15-12-3/h10-61H2,1-9H3/q+3. The van der Waals surface area contributed by atoms with Gasteiger partial charge in [-0.2, -0.15) is 0 Å². The molecule has 0 radical (unpaired) electrons. The van der Waals surface area contributed by atoms with Gasteiger partial charge < -0.3 is 13.4 Å². The summed E-state index contributed by atoms with van der Waals surface area (Å²) in [4.78, 5) is 2.89. The summed E-state index contributed by atoms with van der Waals surface area (Å²) in [6, 6.07) is 0. The maximum Gasteiger partial charge on any atom is 0.0911 e. The van der Waals surface area contributed by atoms with E-state index in [2.05, 4.69) is 68.0 Å². The maximum absolute atomic E-state index is 2.89. The van der Waals surface area contributed by atoms with Gasteiger partial charge >= 0.3 is 0 Å². The van der Waals surface area contributed by atoms with E-state index in [1.165, 1.54) is 348 Å². The molecule has 0 aliphatic heterocycles. The molecule has 0 aliphatic rings. The zero-order chi connectivity index (χ0) is 47.8. The molecule has 0 bridgehead atoms. The first-order chi connectivity index (χ1) is 31.5. The van der Waals surface area contributed by atoms with Gasteiger partial charge in [0.05, 0.1) is 81.6 Å². The second-order valence-electron chi connectivity index (χ2n) is 24.1. The molecule has 392 valence electrons. The van der Waals surface area contributed by atoms with E-state index < -0.39 is 0 Å². The molecule has 0 spiro atoms. The topological polar surface area (TPSA) is 3.24 Å². The van der Waals surface area contributed by atoms with Crippen molar-refractivity contribution in [1.29, 1.82) is 0 Å². The summed E-state index contributed by atoms with van der Waals surface area (Å²) in [6.07, 6.45) is 62.2.